The number of rotatable bonds is 2. The summed E-state index contributed by atoms with van der Waals surface area (Å²) in [4.78, 5) is 0. The third-order valence-corrected chi connectivity index (χ3v) is 2.93. The third-order valence-electron chi connectivity index (χ3n) is 2.93. The van der Waals surface area contributed by atoms with Gasteiger partial charge in [-0.25, -0.2) is 4.39 Å². The van der Waals surface area contributed by atoms with Gasteiger partial charge in [-0.1, -0.05) is 17.3 Å². The molecule has 0 saturated heterocycles. The minimum Gasteiger partial charge on any atom is -0.506 e. The molecule has 0 radical (unpaired) electrons. The molecule has 0 saturated carbocycles. The molecule has 0 aliphatic rings. The van der Waals surface area contributed by atoms with Gasteiger partial charge in [-0.15, -0.1) is 5.10 Å². The zero-order valence-corrected chi connectivity index (χ0v) is 10.4. The summed E-state index contributed by atoms with van der Waals surface area (Å²) in [5.41, 5.74) is 7.54. The van der Waals surface area contributed by atoms with Gasteiger partial charge in [0.05, 0.1) is 0 Å². The van der Waals surface area contributed by atoms with Crippen LogP contribution in [0.25, 0.3) is 16.9 Å². The molecular weight excluding hydrogens is 259 g/mol. The van der Waals surface area contributed by atoms with Crippen molar-refractivity contribution in [1.29, 1.82) is 0 Å². The van der Waals surface area contributed by atoms with E-state index >= 15 is 0 Å². The van der Waals surface area contributed by atoms with Gasteiger partial charge in [-0.3, -0.25) is 0 Å². The monoisotopic (exact) mass is 270 g/mol. The van der Waals surface area contributed by atoms with Crippen LogP contribution in [0.5, 0.6) is 5.75 Å². The number of para-hydroxylation sites is 2. The summed E-state index contributed by atoms with van der Waals surface area (Å²) in [5.74, 6) is -0.00622. The van der Waals surface area contributed by atoms with E-state index in [2.05, 4.69) is 10.3 Å². The smallest absolute Gasteiger partial charge is 0.156 e. The van der Waals surface area contributed by atoms with Gasteiger partial charge in [0.25, 0.3) is 0 Å². The molecule has 2 aromatic carbocycles. The summed E-state index contributed by atoms with van der Waals surface area (Å²) in [6.07, 6.45) is 0. The van der Waals surface area contributed by atoms with Crippen LogP contribution in [0.15, 0.2) is 48.5 Å². The van der Waals surface area contributed by atoms with Gasteiger partial charge >= 0.3 is 0 Å². The van der Waals surface area contributed by atoms with E-state index in [0.29, 0.717) is 16.9 Å². The van der Waals surface area contributed by atoms with Crippen molar-refractivity contribution >= 4 is 5.82 Å². The van der Waals surface area contributed by atoms with Gasteiger partial charge in [-0.2, -0.15) is 4.68 Å². The van der Waals surface area contributed by atoms with Crippen molar-refractivity contribution < 1.29 is 9.50 Å². The number of aromatic nitrogens is 3. The lowest BCUT2D eigenvalue weighted by molar-refractivity contribution is 0.470. The molecule has 3 aromatic rings. The first-order valence-electron chi connectivity index (χ1n) is 5.92. The van der Waals surface area contributed by atoms with Crippen molar-refractivity contribution in [3.8, 4) is 22.7 Å². The van der Waals surface area contributed by atoms with Crippen LogP contribution in [0.1, 0.15) is 0 Å². The number of phenolic OH excluding ortho intramolecular Hbond substituents is 1. The maximum atomic E-state index is 12.9. The Morgan fingerprint density at radius 2 is 1.75 bits per heavy atom. The quantitative estimate of drug-likeness (QED) is 0.749. The number of nitrogens with two attached hydrogens (primary N) is 1. The number of nitrogen functional groups attached to an aromatic ring is 1. The molecule has 1 heterocycles. The summed E-state index contributed by atoms with van der Waals surface area (Å²) < 4.78 is 14.3. The van der Waals surface area contributed by atoms with Crippen molar-refractivity contribution in [2.75, 3.05) is 5.73 Å². The Hall–Kier alpha value is -2.89. The minimum atomic E-state index is -0.333. The highest BCUT2D eigenvalue weighted by Crippen LogP contribution is 2.28. The number of benzene rings is 2. The van der Waals surface area contributed by atoms with Crippen molar-refractivity contribution in [2.24, 2.45) is 0 Å². The van der Waals surface area contributed by atoms with E-state index in [1.54, 1.807) is 30.3 Å². The Morgan fingerprint density at radius 3 is 2.45 bits per heavy atom. The second-order valence-electron chi connectivity index (χ2n) is 4.23. The van der Waals surface area contributed by atoms with Crippen molar-refractivity contribution in [2.45, 2.75) is 0 Å². The molecule has 5 nitrogen and oxygen atoms in total. The lowest BCUT2D eigenvalue weighted by atomic mass is 10.1. The molecule has 3 rings (SSSR count). The predicted molar refractivity (Wildman–Crippen MR) is 72.8 cm³/mol. The van der Waals surface area contributed by atoms with E-state index < -0.39 is 0 Å². The average molecular weight is 270 g/mol. The van der Waals surface area contributed by atoms with Gasteiger partial charge < -0.3 is 10.8 Å². The van der Waals surface area contributed by atoms with E-state index in [9.17, 15) is 9.50 Å². The summed E-state index contributed by atoms with van der Waals surface area (Å²) in [6, 6.07) is 12.5. The molecule has 0 bridgehead atoms. The van der Waals surface area contributed by atoms with Gasteiger partial charge in [0.15, 0.2) is 5.82 Å². The van der Waals surface area contributed by atoms with Crippen LogP contribution in [0.3, 0.4) is 0 Å². The van der Waals surface area contributed by atoms with E-state index in [1.165, 1.54) is 22.9 Å². The Bertz CT molecular complexity index is 752. The fraction of sp³-hybridized carbons (Fsp3) is 0. The number of nitrogens with zero attached hydrogens (tertiary/aromatic N) is 3. The molecule has 100 valence electrons. The van der Waals surface area contributed by atoms with Crippen LogP contribution in [-0.4, -0.2) is 20.1 Å². The van der Waals surface area contributed by atoms with Gasteiger partial charge in [0, 0.05) is 5.56 Å². The van der Waals surface area contributed by atoms with Crippen molar-refractivity contribution in [3.63, 3.8) is 0 Å². The van der Waals surface area contributed by atoms with Crippen LogP contribution in [0, 0.1) is 5.82 Å². The van der Waals surface area contributed by atoms with Crippen LogP contribution in [0.4, 0.5) is 10.2 Å². The zero-order chi connectivity index (χ0) is 14.1. The van der Waals surface area contributed by atoms with Crippen molar-refractivity contribution in [1.82, 2.24) is 15.0 Å². The third kappa shape index (κ3) is 1.97. The van der Waals surface area contributed by atoms with Crippen LogP contribution in [0.2, 0.25) is 0 Å². The zero-order valence-electron chi connectivity index (χ0n) is 10.4. The molecule has 0 aliphatic heterocycles. The number of hydrogen-bond donors (Lipinski definition) is 2. The summed E-state index contributed by atoms with van der Waals surface area (Å²) in [6.45, 7) is 0. The molecule has 20 heavy (non-hydrogen) atoms. The van der Waals surface area contributed by atoms with Crippen LogP contribution < -0.4 is 5.73 Å². The first kappa shape index (κ1) is 12.2. The fourth-order valence-corrected chi connectivity index (χ4v) is 1.92. The Kier molecular flexibility index (Phi) is 2.83. The van der Waals surface area contributed by atoms with E-state index in [4.69, 9.17) is 5.73 Å². The molecule has 0 spiro atoms. The first-order valence-corrected chi connectivity index (χ1v) is 5.92. The minimum absolute atomic E-state index is 0.0507. The molecule has 0 fully saturated rings. The molecule has 1 aromatic heterocycles. The average Bonchev–Trinajstić information content (AvgIpc) is 2.82. The summed E-state index contributed by atoms with van der Waals surface area (Å²) in [7, 11) is 0. The number of phenols is 1. The normalized spacial score (nSPS) is 10.7. The molecule has 0 unspecified atom stereocenters. The molecule has 6 heteroatoms. The van der Waals surface area contributed by atoms with Gasteiger partial charge in [0.2, 0.25) is 0 Å². The van der Waals surface area contributed by atoms with E-state index in [1.807, 2.05) is 0 Å². The predicted octanol–water partition coefficient (Wildman–Crippen LogP) is 2.36. The lowest BCUT2D eigenvalue weighted by Gasteiger charge is -2.05. The molecule has 3 N–H and O–H groups in total. The highest BCUT2D eigenvalue weighted by atomic mass is 19.1. The lowest BCUT2D eigenvalue weighted by Crippen LogP contribution is -2.02. The Labute approximate surface area is 114 Å². The molecule has 0 aliphatic carbocycles. The van der Waals surface area contributed by atoms with Gasteiger partial charge in [-0.05, 0) is 36.4 Å². The van der Waals surface area contributed by atoms with E-state index in [0.717, 1.165) is 0 Å². The largest absolute Gasteiger partial charge is 0.506 e. The summed E-state index contributed by atoms with van der Waals surface area (Å²) >= 11 is 0. The first-order chi connectivity index (χ1) is 9.66. The molecular formula is C14H11FN4O. The molecule has 0 atom stereocenters. The van der Waals surface area contributed by atoms with Gasteiger partial charge in [0.1, 0.15) is 22.9 Å². The topological polar surface area (TPSA) is 77.0 Å². The molecule has 0 amide bonds. The van der Waals surface area contributed by atoms with Crippen molar-refractivity contribution in [3.05, 3.63) is 54.3 Å². The second-order valence-corrected chi connectivity index (χ2v) is 4.23. The van der Waals surface area contributed by atoms with Crippen LogP contribution >= 0.6 is 0 Å². The highest BCUT2D eigenvalue weighted by molar-refractivity contribution is 5.71. The summed E-state index contributed by atoms with van der Waals surface area (Å²) in [5, 5.41) is 17.7. The van der Waals surface area contributed by atoms with Crippen LogP contribution in [-0.2, 0) is 0 Å². The standard InChI is InChI=1S/C14H11FN4O/c15-10-7-5-9(6-8-10)13-14(16)19(18-17-13)11-3-1-2-4-12(11)20/h1-8,20H,16H2. The number of halogens is 1. The number of anilines is 1. The highest BCUT2D eigenvalue weighted by Gasteiger charge is 2.14. The Balaban J connectivity index is 2.09. The Morgan fingerprint density at radius 1 is 1.05 bits per heavy atom. The number of aromatic hydroxyl groups is 1. The second kappa shape index (κ2) is 4.65. The number of hydrogen-bond acceptors (Lipinski definition) is 4. The maximum Gasteiger partial charge on any atom is 0.156 e. The van der Waals surface area contributed by atoms with E-state index in [-0.39, 0.29) is 17.4 Å². The SMILES string of the molecule is Nc1c(-c2ccc(F)cc2)nnn1-c1ccccc1O. The fourth-order valence-electron chi connectivity index (χ4n) is 1.92. The maximum absolute atomic E-state index is 12.9.